The molecule has 0 aromatic carbocycles. The SMILES string of the molecule is CCCC(C)C(C)(C)[P+](=S)S. The molecule has 0 bridgehead atoms. The van der Waals surface area contributed by atoms with E-state index in [-0.39, 0.29) is 5.16 Å². The van der Waals surface area contributed by atoms with Crippen LogP contribution < -0.4 is 0 Å². The maximum absolute atomic E-state index is 5.23. The first kappa shape index (κ1) is 11.9. The summed E-state index contributed by atoms with van der Waals surface area (Å²) in [5.74, 6) is 0.186. The van der Waals surface area contributed by atoms with Gasteiger partial charge in [-0.15, -0.1) is 0 Å². The van der Waals surface area contributed by atoms with Crippen molar-refractivity contribution in [3.63, 3.8) is 0 Å². The minimum absolute atomic E-state index is 0.254. The lowest BCUT2D eigenvalue weighted by Gasteiger charge is -2.21. The lowest BCUT2D eigenvalue weighted by Crippen LogP contribution is -2.23. The standard InChI is InChI=1S/C8H17PS2/c1-5-6-7(2)8(3,4)9(10)11/h7H,5-6H2,1-4H3/p+1. The molecule has 2 unspecified atom stereocenters. The molecule has 2 atom stereocenters. The Balaban J connectivity index is 4.17. The summed E-state index contributed by atoms with van der Waals surface area (Å²) in [7, 11) is 0. The summed E-state index contributed by atoms with van der Waals surface area (Å²) in [5.41, 5.74) is 0. The monoisotopic (exact) mass is 209 g/mol. The van der Waals surface area contributed by atoms with E-state index in [0.717, 1.165) is 0 Å². The van der Waals surface area contributed by atoms with Crippen molar-refractivity contribution in [3.8, 4) is 0 Å². The van der Waals surface area contributed by atoms with Crippen LogP contribution in [0.3, 0.4) is 0 Å². The van der Waals surface area contributed by atoms with Crippen molar-refractivity contribution < 1.29 is 0 Å². The fourth-order valence-corrected chi connectivity index (χ4v) is 2.61. The zero-order valence-corrected chi connectivity index (χ0v) is 10.4. The predicted molar refractivity (Wildman–Crippen MR) is 61.4 cm³/mol. The number of hydrogen-bond donors (Lipinski definition) is 1. The average Bonchev–Trinajstić information content (AvgIpc) is 1.88. The third-order valence-electron chi connectivity index (χ3n) is 2.42. The lowest BCUT2D eigenvalue weighted by atomic mass is 9.93. The molecule has 0 spiro atoms. The van der Waals surface area contributed by atoms with Gasteiger partial charge in [0.1, 0.15) is 5.16 Å². The van der Waals surface area contributed by atoms with E-state index < -0.39 is 5.90 Å². The van der Waals surface area contributed by atoms with Crippen LogP contribution in [-0.2, 0) is 11.8 Å². The van der Waals surface area contributed by atoms with Gasteiger partial charge in [0.15, 0.2) is 11.8 Å². The molecule has 0 aromatic rings. The second kappa shape index (κ2) is 4.79. The molecule has 0 rings (SSSR count). The van der Waals surface area contributed by atoms with Crippen LogP contribution in [-0.4, -0.2) is 5.16 Å². The van der Waals surface area contributed by atoms with Gasteiger partial charge in [0.05, 0.1) is 12.2 Å². The molecule has 3 heteroatoms. The van der Waals surface area contributed by atoms with E-state index in [2.05, 4.69) is 39.9 Å². The lowest BCUT2D eigenvalue weighted by molar-refractivity contribution is 0.424. The van der Waals surface area contributed by atoms with Gasteiger partial charge in [0.2, 0.25) is 5.90 Å². The Morgan fingerprint density at radius 1 is 1.55 bits per heavy atom. The van der Waals surface area contributed by atoms with Crippen molar-refractivity contribution in [2.45, 2.75) is 45.7 Å². The van der Waals surface area contributed by atoms with E-state index in [1.54, 1.807) is 0 Å². The van der Waals surface area contributed by atoms with Crippen LogP contribution >= 0.6 is 18.1 Å². The topological polar surface area (TPSA) is 0 Å². The maximum atomic E-state index is 5.23. The van der Waals surface area contributed by atoms with Gasteiger partial charge in [-0.3, -0.25) is 0 Å². The highest BCUT2D eigenvalue weighted by atomic mass is 32.9. The fraction of sp³-hybridized carbons (Fsp3) is 1.00. The molecule has 0 aliphatic carbocycles. The van der Waals surface area contributed by atoms with Crippen molar-refractivity contribution in [2.75, 3.05) is 0 Å². The molecule has 0 saturated carbocycles. The van der Waals surface area contributed by atoms with Gasteiger partial charge in [0.25, 0.3) is 0 Å². The maximum Gasteiger partial charge on any atom is 0.247 e. The van der Waals surface area contributed by atoms with Gasteiger partial charge >= 0.3 is 0 Å². The zero-order chi connectivity index (χ0) is 9.07. The Hall–Kier alpha value is 0.870. The van der Waals surface area contributed by atoms with Gasteiger partial charge in [-0.2, -0.15) is 0 Å². The van der Waals surface area contributed by atoms with Gasteiger partial charge in [-0.1, -0.05) is 20.3 Å². The third-order valence-corrected chi connectivity index (χ3v) is 6.81. The zero-order valence-electron chi connectivity index (χ0n) is 7.79. The summed E-state index contributed by atoms with van der Waals surface area (Å²) in [6.07, 6.45) is 2.51. The molecule has 0 N–H and O–H groups in total. The fourth-order valence-electron chi connectivity index (χ4n) is 0.975. The van der Waals surface area contributed by atoms with Gasteiger partial charge in [0, 0.05) is 5.92 Å². The van der Waals surface area contributed by atoms with Gasteiger partial charge in [-0.25, -0.2) is 0 Å². The Labute approximate surface area is 81.7 Å². The van der Waals surface area contributed by atoms with Crippen molar-refractivity contribution >= 4 is 30.0 Å². The molecule has 0 saturated heterocycles. The molecule has 0 amide bonds. The van der Waals surface area contributed by atoms with Crippen molar-refractivity contribution in [1.82, 2.24) is 0 Å². The Kier molecular flexibility index (Phi) is 5.17. The molecule has 11 heavy (non-hydrogen) atoms. The number of thiol groups is 1. The molecule has 0 aliphatic rings. The molecule has 0 nitrogen and oxygen atoms in total. The average molecular weight is 209 g/mol. The molecule has 0 radical (unpaired) electrons. The molecule has 0 aliphatic heterocycles. The molecule has 0 aromatic heterocycles. The highest BCUT2D eigenvalue weighted by Gasteiger charge is 2.37. The van der Waals surface area contributed by atoms with E-state index in [1.165, 1.54) is 12.8 Å². The van der Waals surface area contributed by atoms with E-state index in [9.17, 15) is 0 Å². The molecule has 0 heterocycles. The minimum atomic E-state index is -0.517. The normalized spacial score (nSPS) is 16.3. The predicted octanol–water partition coefficient (Wildman–Crippen LogP) is 3.99. The second-order valence-electron chi connectivity index (χ2n) is 3.62. The van der Waals surface area contributed by atoms with Crippen LogP contribution in [0, 0.1) is 5.92 Å². The first-order valence-corrected chi connectivity index (χ1v) is 7.60. The van der Waals surface area contributed by atoms with E-state index in [1.807, 2.05) is 0 Å². The summed E-state index contributed by atoms with van der Waals surface area (Å²) < 4.78 is 0. The van der Waals surface area contributed by atoms with Crippen LogP contribution in [0.5, 0.6) is 0 Å². The van der Waals surface area contributed by atoms with Crippen molar-refractivity contribution in [2.24, 2.45) is 5.92 Å². The molecular formula is C8H18PS2+. The first-order chi connectivity index (χ1) is 4.92. The molecule has 66 valence electrons. The van der Waals surface area contributed by atoms with Gasteiger partial charge in [-0.05, 0) is 20.3 Å². The molecular weight excluding hydrogens is 191 g/mol. The van der Waals surface area contributed by atoms with Crippen LogP contribution in [0.15, 0.2) is 0 Å². The summed E-state index contributed by atoms with van der Waals surface area (Å²) in [6, 6.07) is 0. The largest absolute Gasteiger partial charge is 0.247 e. The third kappa shape index (κ3) is 3.40. The Morgan fingerprint density at radius 2 is 2.00 bits per heavy atom. The minimum Gasteiger partial charge on any atom is -0.0654 e. The van der Waals surface area contributed by atoms with E-state index in [0.29, 0.717) is 5.92 Å². The quantitative estimate of drug-likeness (QED) is 0.539. The summed E-state index contributed by atoms with van der Waals surface area (Å²) in [5, 5.41) is 0.254. The summed E-state index contributed by atoms with van der Waals surface area (Å²) in [6.45, 7) is 8.97. The van der Waals surface area contributed by atoms with Crippen LogP contribution in [0.2, 0.25) is 0 Å². The van der Waals surface area contributed by atoms with Crippen LogP contribution in [0.25, 0.3) is 0 Å². The first-order valence-electron chi connectivity index (χ1n) is 4.09. The van der Waals surface area contributed by atoms with E-state index in [4.69, 9.17) is 11.8 Å². The summed E-state index contributed by atoms with van der Waals surface area (Å²) >= 11 is 9.62. The van der Waals surface area contributed by atoms with Crippen LogP contribution in [0.1, 0.15) is 40.5 Å². The van der Waals surface area contributed by atoms with Crippen LogP contribution in [0.4, 0.5) is 0 Å². The Bertz CT molecular complexity index is 143. The van der Waals surface area contributed by atoms with E-state index >= 15 is 0 Å². The Morgan fingerprint density at radius 3 is 2.27 bits per heavy atom. The smallest absolute Gasteiger partial charge is 0.0654 e. The highest BCUT2D eigenvalue weighted by Crippen LogP contribution is 2.48. The highest BCUT2D eigenvalue weighted by molar-refractivity contribution is 8.56. The number of rotatable bonds is 4. The van der Waals surface area contributed by atoms with Crippen molar-refractivity contribution in [1.29, 1.82) is 0 Å². The number of hydrogen-bond acceptors (Lipinski definition) is 1. The van der Waals surface area contributed by atoms with Gasteiger partial charge < -0.3 is 0 Å². The second-order valence-corrected chi connectivity index (χ2v) is 8.42. The van der Waals surface area contributed by atoms with Crippen molar-refractivity contribution in [3.05, 3.63) is 0 Å². The molecule has 0 fully saturated rings. The summed E-state index contributed by atoms with van der Waals surface area (Å²) in [4.78, 5) is 0.